The van der Waals surface area contributed by atoms with Crippen molar-refractivity contribution in [3.05, 3.63) is 106 Å². The van der Waals surface area contributed by atoms with Gasteiger partial charge in [-0.1, -0.05) is 92.2 Å². The molecule has 0 aliphatic carbocycles. The minimum Gasteiger partial charge on any atom is -0.0622 e. The standard InChI is InChI=1S/C24H26/c1-17(2)22-15-18(3)16-23(19(22)4)24(20-11-7-5-8-12-20)21-13-9-6-10-14-21/h5-17,24H,1-4H3. The zero-order valence-electron chi connectivity index (χ0n) is 15.1. The fourth-order valence-corrected chi connectivity index (χ4v) is 3.66. The number of benzene rings is 3. The molecule has 0 aliphatic rings. The van der Waals surface area contributed by atoms with E-state index in [9.17, 15) is 0 Å². The average molecular weight is 314 g/mol. The number of rotatable bonds is 4. The third-order valence-corrected chi connectivity index (χ3v) is 4.83. The van der Waals surface area contributed by atoms with Crippen LogP contribution >= 0.6 is 0 Å². The summed E-state index contributed by atoms with van der Waals surface area (Å²) in [6.45, 7) is 9.06. The van der Waals surface area contributed by atoms with Crippen molar-refractivity contribution in [3.8, 4) is 0 Å². The van der Waals surface area contributed by atoms with Crippen molar-refractivity contribution < 1.29 is 0 Å². The van der Waals surface area contributed by atoms with Crippen LogP contribution in [0.3, 0.4) is 0 Å². The molecule has 3 aromatic rings. The van der Waals surface area contributed by atoms with E-state index in [4.69, 9.17) is 0 Å². The maximum Gasteiger partial charge on any atom is 0.0342 e. The van der Waals surface area contributed by atoms with Crippen LogP contribution in [0, 0.1) is 13.8 Å². The second kappa shape index (κ2) is 7.05. The van der Waals surface area contributed by atoms with Crippen LogP contribution < -0.4 is 0 Å². The first-order valence-electron chi connectivity index (χ1n) is 8.79. The van der Waals surface area contributed by atoms with E-state index in [2.05, 4.69) is 100 Å². The van der Waals surface area contributed by atoms with Gasteiger partial charge in [-0.25, -0.2) is 0 Å². The highest BCUT2D eigenvalue weighted by Gasteiger charge is 2.20. The van der Waals surface area contributed by atoms with Crippen molar-refractivity contribution in [1.82, 2.24) is 0 Å². The van der Waals surface area contributed by atoms with E-state index < -0.39 is 0 Å². The maximum atomic E-state index is 2.37. The highest BCUT2D eigenvalue weighted by Crippen LogP contribution is 2.36. The third kappa shape index (κ3) is 3.28. The monoisotopic (exact) mass is 314 g/mol. The van der Waals surface area contributed by atoms with Gasteiger partial charge in [0.1, 0.15) is 0 Å². The Hall–Kier alpha value is -2.34. The molecule has 0 heteroatoms. The van der Waals surface area contributed by atoms with Gasteiger partial charge in [-0.05, 0) is 47.6 Å². The molecule has 0 fully saturated rings. The Morgan fingerprint density at radius 1 is 0.625 bits per heavy atom. The van der Waals surface area contributed by atoms with E-state index in [-0.39, 0.29) is 5.92 Å². The predicted octanol–water partition coefficient (Wildman–Crippen LogP) is 6.61. The molecule has 0 unspecified atom stereocenters. The van der Waals surface area contributed by atoms with E-state index in [1.54, 1.807) is 0 Å². The first-order valence-corrected chi connectivity index (χ1v) is 8.79. The van der Waals surface area contributed by atoms with Gasteiger partial charge in [-0.2, -0.15) is 0 Å². The molecule has 0 radical (unpaired) electrons. The Kier molecular flexibility index (Phi) is 4.85. The topological polar surface area (TPSA) is 0 Å². The fourth-order valence-electron chi connectivity index (χ4n) is 3.66. The summed E-state index contributed by atoms with van der Waals surface area (Å²) in [5, 5.41) is 0. The van der Waals surface area contributed by atoms with Crippen molar-refractivity contribution in [2.45, 2.75) is 39.5 Å². The summed E-state index contributed by atoms with van der Waals surface area (Å²) in [5.41, 5.74) is 8.36. The molecule has 0 saturated heterocycles. The summed E-state index contributed by atoms with van der Waals surface area (Å²) in [6, 6.07) is 26.4. The van der Waals surface area contributed by atoms with Crippen molar-refractivity contribution in [1.29, 1.82) is 0 Å². The van der Waals surface area contributed by atoms with Gasteiger partial charge in [0.25, 0.3) is 0 Å². The van der Waals surface area contributed by atoms with Crippen LogP contribution in [0.4, 0.5) is 0 Å². The highest BCUT2D eigenvalue weighted by atomic mass is 14.2. The average Bonchev–Trinajstić information content (AvgIpc) is 2.59. The second-order valence-corrected chi connectivity index (χ2v) is 6.98. The SMILES string of the molecule is Cc1cc(C(C)C)c(C)c(C(c2ccccc2)c2ccccc2)c1. The summed E-state index contributed by atoms with van der Waals surface area (Å²) in [5.74, 6) is 0.820. The van der Waals surface area contributed by atoms with Gasteiger partial charge in [0, 0.05) is 5.92 Å². The molecule has 0 atom stereocenters. The molecule has 0 N–H and O–H groups in total. The van der Waals surface area contributed by atoms with Gasteiger partial charge in [0.05, 0.1) is 0 Å². The Balaban J connectivity index is 2.24. The molecule has 3 rings (SSSR count). The Morgan fingerprint density at radius 2 is 1.08 bits per heavy atom. The molecule has 0 spiro atoms. The summed E-state index contributed by atoms with van der Waals surface area (Å²) >= 11 is 0. The quantitative estimate of drug-likeness (QED) is 0.475. The Bertz CT molecular complexity index is 759. The molecular formula is C24H26. The maximum absolute atomic E-state index is 2.37. The van der Waals surface area contributed by atoms with Crippen LogP contribution in [-0.2, 0) is 0 Å². The van der Waals surface area contributed by atoms with Crippen LogP contribution in [0.5, 0.6) is 0 Å². The van der Waals surface area contributed by atoms with Crippen molar-refractivity contribution in [2.24, 2.45) is 0 Å². The molecule has 0 amide bonds. The molecule has 0 nitrogen and oxygen atoms in total. The lowest BCUT2D eigenvalue weighted by Crippen LogP contribution is -2.08. The van der Waals surface area contributed by atoms with Gasteiger partial charge >= 0.3 is 0 Å². The van der Waals surface area contributed by atoms with Crippen LogP contribution in [-0.4, -0.2) is 0 Å². The normalized spacial score (nSPS) is 11.2. The lowest BCUT2D eigenvalue weighted by Gasteiger charge is -2.24. The summed E-state index contributed by atoms with van der Waals surface area (Å²) in [7, 11) is 0. The lowest BCUT2D eigenvalue weighted by atomic mass is 9.80. The van der Waals surface area contributed by atoms with E-state index in [1.807, 2.05) is 0 Å². The predicted molar refractivity (Wildman–Crippen MR) is 104 cm³/mol. The highest BCUT2D eigenvalue weighted by molar-refractivity contribution is 5.50. The molecular weight excluding hydrogens is 288 g/mol. The van der Waals surface area contributed by atoms with Crippen LogP contribution in [0.25, 0.3) is 0 Å². The lowest BCUT2D eigenvalue weighted by molar-refractivity contribution is 0.840. The minimum absolute atomic E-state index is 0.282. The largest absolute Gasteiger partial charge is 0.0622 e. The fraction of sp³-hybridized carbons (Fsp3) is 0.250. The van der Waals surface area contributed by atoms with Crippen LogP contribution in [0.2, 0.25) is 0 Å². The van der Waals surface area contributed by atoms with Crippen LogP contribution in [0.15, 0.2) is 72.8 Å². The summed E-state index contributed by atoms with van der Waals surface area (Å²) in [4.78, 5) is 0. The number of hydrogen-bond donors (Lipinski definition) is 0. The van der Waals surface area contributed by atoms with E-state index >= 15 is 0 Å². The summed E-state index contributed by atoms with van der Waals surface area (Å²) < 4.78 is 0. The van der Waals surface area contributed by atoms with E-state index in [1.165, 1.54) is 33.4 Å². The zero-order valence-corrected chi connectivity index (χ0v) is 15.1. The molecule has 0 saturated carbocycles. The molecule has 0 heterocycles. The number of aryl methyl sites for hydroxylation is 1. The Morgan fingerprint density at radius 3 is 1.54 bits per heavy atom. The van der Waals surface area contributed by atoms with Gasteiger partial charge < -0.3 is 0 Å². The van der Waals surface area contributed by atoms with Crippen molar-refractivity contribution in [3.63, 3.8) is 0 Å². The smallest absolute Gasteiger partial charge is 0.0342 e. The summed E-state index contributed by atoms with van der Waals surface area (Å²) in [6.07, 6.45) is 0. The molecule has 3 aromatic carbocycles. The Labute approximate surface area is 146 Å². The van der Waals surface area contributed by atoms with Crippen molar-refractivity contribution >= 4 is 0 Å². The van der Waals surface area contributed by atoms with Gasteiger partial charge in [-0.3, -0.25) is 0 Å². The zero-order chi connectivity index (χ0) is 17.1. The molecule has 0 bridgehead atoms. The number of hydrogen-bond acceptors (Lipinski definition) is 0. The first kappa shape index (κ1) is 16.5. The minimum atomic E-state index is 0.282. The van der Waals surface area contributed by atoms with Gasteiger partial charge in [0.15, 0.2) is 0 Å². The van der Waals surface area contributed by atoms with Gasteiger partial charge in [0.2, 0.25) is 0 Å². The van der Waals surface area contributed by atoms with E-state index in [0.717, 1.165) is 0 Å². The first-order chi connectivity index (χ1) is 11.6. The molecule has 24 heavy (non-hydrogen) atoms. The van der Waals surface area contributed by atoms with Crippen molar-refractivity contribution in [2.75, 3.05) is 0 Å². The third-order valence-electron chi connectivity index (χ3n) is 4.83. The molecule has 122 valence electrons. The second-order valence-electron chi connectivity index (χ2n) is 6.98. The van der Waals surface area contributed by atoms with Gasteiger partial charge in [-0.15, -0.1) is 0 Å². The molecule has 0 aliphatic heterocycles. The molecule has 0 aromatic heterocycles. The van der Waals surface area contributed by atoms with Crippen LogP contribution in [0.1, 0.15) is 59.1 Å². The van der Waals surface area contributed by atoms with E-state index in [0.29, 0.717) is 5.92 Å².